The molecule has 0 radical (unpaired) electrons. The Balaban J connectivity index is 1.72. The Morgan fingerprint density at radius 2 is 1.96 bits per heavy atom. The van der Waals surface area contributed by atoms with Gasteiger partial charge in [0, 0.05) is 43.7 Å². The second-order valence-corrected chi connectivity index (χ2v) is 8.72. The zero-order valence-electron chi connectivity index (χ0n) is 15.0. The predicted molar refractivity (Wildman–Crippen MR) is 96.2 cm³/mol. The molecular weight excluding hydrogens is 342 g/mol. The molecule has 2 aliphatic heterocycles. The maximum atomic E-state index is 10.8. The molecule has 2 N–H and O–H groups in total. The number of rotatable bonds is 5. The summed E-state index contributed by atoms with van der Waals surface area (Å²) in [5.74, 6) is 0.903. The highest BCUT2D eigenvalue weighted by atomic mass is 32.2. The van der Waals surface area contributed by atoms with E-state index in [1.54, 1.807) is 0 Å². The number of nitrogens with zero attached hydrogens (tertiary/aromatic N) is 2. The van der Waals surface area contributed by atoms with Crippen molar-refractivity contribution in [2.75, 3.05) is 39.8 Å². The van der Waals surface area contributed by atoms with E-state index in [-0.39, 0.29) is 18.2 Å². The van der Waals surface area contributed by atoms with E-state index in [0.717, 1.165) is 43.1 Å². The summed E-state index contributed by atoms with van der Waals surface area (Å²) in [5.41, 5.74) is 2.03. The van der Waals surface area contributed by atoms with Crippen LogP contribution < -0.4 is 9.46 Å². The van der Waals surface area contributed by atoms with Crippen LogP contribution in [0.25, 0.3) is 0 Å². The molecular formula is C17H27N3O4S. The van der Waals surface area contributed by atoms with Gasteiger partial charge in [-0.2, -0.15) is 13.1 Å². The average molecular weight is 369 g/mol. The average Bonchev–Trinajstić information content (AvgIpc) is 2.78. The first-order valence-corrected chi connectivity index (χ1v) is 10.1. The van der Waals surface area contributed by atoms with Crippen LogP contribution in [0.2, 0.25) is 0 Å². The van der Waals surface area contributed by atoms with E-state index in [2.05, 4.69) is 41.5 Å². The third-order valence-corrected chi connectivity index (χ3v) is 5.73. The molecule has 1 unspecified atom stereocenters. The third-order valence-electron chi connectivity index (χ3n) is 5.16. The maximum absolute atomic E-state index is 10.8. The molecule has 25 heavy (non-hydrogen) atoms. The van der Waals surface area contributed by atoms with Gasteiger partial charge >= 0.3 is 10.3 Å². The minimum atomic E-state index is -4.14. The van der Waals surface area contributed by atoms with E-state index in [1.807, 2.05) is 12.1 Å². The molecule has 2 heterocycles. The van der Waals surface area contributed by atoms with Crippen molar-refractivity contribution in [1.29, 1.82) is 0 Å². The fourth-order valence-electron chi connectivity index (χ4n) is 3.65. The first-order valence-electron chi connectivity index (χ1n) is 8.61. The molecule has 1 fully saturated rings. The van der Waals surface area contributed by atoms with Crippen molar-refractivity contribution < 1.29 is 17.7 Å². The Morgan fingerprint density at radius 3 is 2.60 bits per heavy atom. The summed E-state index contributed by atoms with van der Waals surface area (Å²) in [6, 6.07) is 6.01. The number of fused-ring (bicyclic) bond motifs is 1. The summed E-state index contributed by atoms with van der Waals surface area (Å²) in [6.07, 6.45) is 0.532. The van der Waals surface area contributed by atoms with Crippen molar-refractivity contribution in [3.8, 4) is 5.75 Å². The molecule has 0 saturated carbocycles. The van der Waals surface area contributed by atoms with Crippen molar-refractivity contribution in [3.05, 3.63) is 29.3 Å². The van der Waals surface area contributed by atoms with Crippen LogP contribution in [0.5, 0.6) is 5.75 Å². The monoisotopic (exact) mass is 369 g/mol. The summed E-state index contributed by atoms with van der Waals surface area (Å²) in [4.78, 5) is 4.73. The first kappa shape index (κ1) is 18.6. The lowest BCUT2D eigenvalue weighted by Gasteiger charge is -2.40. The summed E-state index contributed by atoms with van der Waals surface area (Å²) < 4.78 is 38.7. The number of ether oxygens (including phenoxy) is 1. The Hall–Kier alpha value is -1.19. The fraction of sp³-hybridized carbons (Fsp3) is 0.647. The number of benzene rings is 1. The molecule has 0 aromatic heterocycles. The van der Waals surface area contributed by atoms with Crippen molar-refractivity contribution in [3.63, 3.8) is 0 Å². The van der Waals surface area contributed by atoms with Gasteiger partial charge in [-0.25, -0.2) is 0 Å². The molecule has 0 spiro atoms. The van der Waals surface area contributed by atoms with Gasteiger partial charge in [0.1, 0.15) is 5.75 Å². The second kappa shape index (κ2) is 6.85. The molecule has 3 rings (SSSR count). The van der Waals surface area contributed by atoms with E-state index in [0.29, 0.717) is 6.42 Å². The highest BCUT2D eigenvalue weighted by Crippen LogP contribution is 2.44. The lowest BCUT2D eigenvalue weighted by molar-refractivity contribution is -0.0257. The van der Waals surface area contributed by atoms with E-state index in [4.69, 9.17) is 9.29 Å². The quantitative estimate of drug-likeness (QED) is 0.750. The molecule has 0 amide bonds. The normalized spacial score (nSPS) is 24.1. The summed E-state index contributed by atoms with van der Waals surface area (Å²) in [6.45, 7) is 8.62. The third kappa shape index (κ3) is 4.15. The van der Waals surface area contributed by atoms with Gasteiger partial charge in [-0.05, 0) is 25.1 Å². The molecule has 1 saturated heterocycles. The smallest absolute Gasteiger partial charge is 0.333 e. The van der Waals surface area contributed by atoms with Gasteiger partial charge < -0.3 is 9.64 Å². The molecule has 8 heteroatoms. The Labute approximate surface area is 149 Å². The van der Waals surface area contributed by atoms with Crippen LogP contribution in [0.15, 0.2) is 18.2 Å². The molecule has 1 aromatic rings. The minimum Gasteiger partial charge on any atom is -0.474 e. The molecule has 1 atom stereocenters. The van der Waals surface area contributed by atoms with Crippen LogP contribution in [0.4, 0.5) is 0 Å². The lowest BCUT2D eigenvalue weighted by Crippen LogP contribution is -2.55. The fourth-order valence-corrected chi connectivity index (χ4v) is 4.01. The number of nitrogens with one attached hydrogen (secondary N) is 1. The molecule has 7 nitrogen and oxygen atoms in total. The van der Waals surface area contributed by atoms with Gasteiger partial charge in [0.2, 0.25) is 0 Å². The van der Waals surface area contributed by atoms with Gasteiger partial charge in [-0.1, -0.05) is 26.0 Å². The molecule has 0 aliphatic carbocycles. The standard InChI is InChI=1S/C17H27N3O4S/c1-17(2)14-12-13(6-7-18-25(21,22)23)4-5-15(14)24-16(17)20-10-8-19(3)9-11-20/h4-5,12,16,18H,6-11H2,1-3H3,(H,21,22,23). The van der Waals surface area contributed by atoms with Crippen LogP contribution in [0.1, 0.15) is 25.0 Å². The summed E-state index contributed by atoms with van der Waals surface area (Å²) in [5, 5.41) is 0. The van der Waals surface area contributed by atoms with Crippen LogP contribution >= 0.6 is 0 Å². The predicted octanol–water partition coefficient (Wildman–Crippen LogP) is 0.865. The van der Waals surface area contributed by atoms with Crippen LogP contribution in [0, 0.1) is 0 Å². The minimum absolute atomic E-state index is 0.0161. The van der Waals surface area contributed by atoms with Crippen LogP contribution in [0.3, 0.4) is 0 Å². The topological polar surface area (TPSA) is 82.1 Å². The van der Waals surface area contributed by atoms with Gasteiger partial charge in [0.25, 0.3) is 0 Å². The van der Waals surface area contributed by atoms with Gasteiger partial charge in [-0.3, -0.25) is 9.45 Å². The zero-order valence-corrected chi connectivity index (χ0v) is 15.8. The van der Waals surface area contributed by atoms with E-state index in [9.17, 15) is 8.42 Å². The Morgan fingerprint density at radius 1 is 1.28 bits per heavy atom. The Kier molecular flexibility index (Phi) is 5.09. The van der Waals surface area contributed by atoms with Gasteiger partial charge in [0.05, 0.1) is 0 Å². The molecule has 1 aromatic carbocycles. The lowest BCUT2D eigenvalue weighted by atomic mass is 9.82. The summed E-state index contributed by atoms with van der Waals surface area (Å²) >= 11 is 0. The van der Waals surface area contributed by atoms with Crippen molar-refractivity contribution in [2.24, 2.45) is 0 Å². The Bertz CT molecular complexity index is 727. The van der Waals surface area contributed by atoms with Crippen molar-refractivity contribution in [2.45, 2.75) is 31.9 Å². The largest absolute Gasteiger partial charge is 0.474 e. The van der Waals surface area contributed by atoms with E-state index in [1.165, 1.54) is 0 Å². The SMILES string of the molecule is CN1CCN(C2Oc3ccc(CCNS(=O)(=O)O)cc3C2(C)C)CC1. The van der Waals surface area contributed by atoms with Crippen molar-refractivity contribution in [1.82, 2.24) is 14.5 Å². The molecule has 2 aliphatic rings. The number of likely N-dealkylation sites (N-methyl/N-ethyl adjacent to an activating group) is 1. The molecule has 140 valence electrons. The second-order valence-electron chi connectivity index (χ2n) is 7.48. The number of hydrogen-bond acceptors (Lipinski definition) is 5. The summed E-state index contributed by atoms with van der Waals surface area (Å²) in [7, 11) is -2.00. The highest BCUT2D eigenvalue weighted by molar-refractivity contribution is 7.83. The zero-order chi connectivity index (χ0) is 18.2. The number of hydrogen-bond donors (Lipinski definition) is 2. The first-order chi connectivity index (χ1) is 11.7. The van der Waals surface area contributed by atoms with Crippen LogP contribution in [-0.2, 0) is 22.1 Å². The van der Waals surface area contributed by atoms with Gasteiger partial charge in [0.15, 0.2) is 6.23 Å². The van der Waals surface area contributed by atoms with E-state index >= 15 is 0 Å². The van der Waals surface area contributed by atoms with E-state index < -0.39 is 10.3 Å². The molecule has 0 bridgehead atoms. The van der Waals surface area contributed by atoms with Gasteiger partial charge in [-0.15, -0.1) is 0 Å². The van der Waals surface area contributed by atoms with Crippen LogP contribution in [-0.4, -0.2) is 68.8 Å². The van der Waals surface area contributed by atoms with Crippen molar-refractivity contribution >= 4 is 10.3 Å². The maximum Gasteiger partial charge on any atom is 0.333 e. The number of piperazine rings is 1. The highest BCUT2D eigenvalue weighted by Gasteiger charge is 2.45.